The highest BCUT2D eigenvalue weighted by atomic mass is 19.4. The highest BCUT2D eigenvalue weighted by Crippen LogP contribution is 2.50. The lowest BCUT2D eigenvalue weighted by Crippen LogP contribution is -2.50. The van der Waals surface area contributed by atoms with Crippen molar-refractivity contribution in [3.05, 3.63) is 63.7 Å². The first-order chi connectivity index (χ1) is 20.5. The zero-order valence-corrected chi connectivity index (χ0v) is 23.2. The van der Waals surface area contributed by atoms with Gasteiger partial charge in [0.05, 0.1) is 30.0 Å². The number of methoxy groups -OCH3 is 1. The van der Waals surface area contributed by atoms with Gasteiger partial charge >= 0.3 is 30.7 Å². The van der Waals surface area contributed by atoms with Gasteiger partial charge in [-0.05, 0) is 91.0 Å². The minimum absolute atomic E-state index is 0.0151. The maximum atomic E-state index is 13.6. The number of carbonyl (C=O) groups excluding carboxylic acids is 2. The molecule has 2 unspecified atom stereocenters. The van der Waals surface area contributed by atoms with Crippen LogP contribution in [0.2, 0.25) is 0 Å². The fraction of sp³-hybridized carbons (Fsp3) is 0.517. The number of aryl methyl sites for hydroxylation is 2. The van der Waals surface area contributed by atoms with Crippen LogP contribution in [0.15, 0.2) is 30.3 Å². The minimum Gasteiger partial charge on any atom is -0.453 e. The van der Waals surface area contributed by atoms with Gasteiger partial charge in [-0.1, -0.05) is 6.07 Å². The van der Waals surface area contributed by atoms with Crippen molar-refractivity contribution in [1.82, 2.24) is 4.90 Å². The molecule has 2 aliphatic carbocycles. The molecule has 3 aliphatic rings. The van der Waals surface area contributed by atoms with E-state index in [1.54, 1.807) is 12.1 Å². The Kier molecular flexibility index (Phi) is 8.21. The normalized spacial score (nSPS) is 20.2. The zero-order chi connectivity index (χ0) is 32.2. The third kappa shape index (κ3) is 6.70. The van der Waals surface area contributed by atoms with E-state index in [4.69, 9.17) is 4.74 Å². The van der Waals surface area contributed by atoms with Crippen molar-refractivity contribution in [1.29, 1.82) is 0 Å². The summed E-state index contributed by atoms with van der Waals surface area (Å²) in [6, 6.07) is 2.62. The molecule has 1 aliphatic heterocycles. The number of fused-ring (bicyclic) bond motifs is 2. The maximum absolute atomic E-state index is 13.6. The van der Waals surface area contributed by atoms with Crippen LogP contribution >= 0.6 is 0 Å². The molecular formula is C29H27F9N2O4. The van der Waals surface area contributed by atoms with Gasteiger partial charge in [-0.15, -0.1) is 0 Å². The molecule has 15 heteroatoms. The first-order valence-corrected chi connectivity index (χ1v) is 13.8. The van der Waals surface area contributed by atoms with E-state index in [0.717, 1.165) is 34.5 Å². The molecule has 0 bridgehead atoms. The lowest BCUT2D eigenvalue weighted by atomic mass is 9.86. The van der Waals surface area contributed by atoms with Crippen LogP contribution in [0.3, 0.4) is 0 Å². The summed E-state index contributed by atoms with van der Waals surface area (Å²) >= 11 is 0. The van der Waals surface area contributed by atoms with Crippen molar-refractivity contribution in [3.63, 3.8) is 0 Å². The Morgan fingerprint density at radius 2 is 1.48 bits per heavy atom. The van der Waals surface area contributed by atoms with Gasteiger partial charge in [-0.2, -0.15) is 39.5 Å². The molecule has 0 N–H and O–H groups in total. The predicted octanol–water partition coefficient (Wildman–Crippen LogP) is 8.21. The molecule has 0 saturated heterocycles. The summed E-state index contributed by atoms with van der Waals surface area (Å²) in [6.07, 6.45) is -14.1. The smallest absolute Gasteiger partial charge is 0.422 e. The lowest BCUT2D eigenvalue weighted by Gasteiger charge is -2.44. The number of carbonyl (C=O) groups is 2. The number of hydrogen-bond acceptors (Lipinski definition) is 4. The van der Waals surface area contributed by atoms with Gasteiger partial charge in [0.1, 0.15) is 0 Å². The van der Waals surface area contributed by atoms with E-state index >= 15 is 0 Å². The molecular weight excluding hydrogens is 611 g/mol. The molecule has 0 radical (unpaired) electrons. The molecule has 44 heavy (non-hydrogen) atoms. The number of alkyl halides is 9. The van der Waals surface area contributed by atoms with E-state index in [2.05, 4.69) is 4.74 Å². The Bertz CT molecular complexity index is 1400. The molecule has 0 spiro atoms. The first kappa shape index (κ1) is 31.8. The molecule has 6 nitrogen and oxygen atoms in total. The molecule has 5 rings (SSSR count). The monoisotopic (exact) mass is 638 g/mol. The van der Waals surface area contributed by atoms with Crippen LogP contribution in [0.25, 0.3) is 0 Å². The number of anilines is 1. The summed E-state index contributed by atoms with van der Waals surface area (Å²) in [7, 11) is 1.01. The molecule has 2 aromatic carbocycles. The quantitative estimate of drug-likeness (QED) is 0.310. The molecule has 2 atom stereocenters. The summed E-state index contributed by atoms with van der Waals surface area (Å²) < 4.78 is 130. The van der Waals surface area contributed by atoms with Crippen LogP contribution in [0.5, 0.6) is 0 Å². The van der Waals surface area contributed by atoms with Crippen molar-refractivity contribution in [2.75, 3.05) is 18.6 Å². The summed E-state index contributed by atoms with van der Waals surface area (Å²) in [6.45, 7) is -2.54. The highest BCUT2D eigenvalue weighted by molar-refractivity contribution is 5.91. The number of benzene rings is 2. The van der Waals surface area contributed by atoms with Gasteiger partial charge in [-0.25, -0.2) is 9.59 Å². The standard InChI is InChI=1S/C29H27F9N2O4/c1-43-25(41)39(13-15-7-19(28(33,34)35)11-20(8-15)29(36,37)38)23-12-22(16-5-6-16)40(26(42)44-14-27(30,31)32)24-10-18-4-2-3-17(18)9-21(23)24/h7-11,16,22-23H,2-6,12-14H2,1H3. The Morgan fingerprint density at radius 1 is 0.886 bits per heavy atom. The first-order valence-electron chi connectivity index (χ1n) is 13.8. The molecule has 1 heterocycles. The van der Waals surface area contributed by atoms with E-state index in [9.17, 15) is 49.1 Å². The lowest BCUT2D eigenvalue weighted by molar-refractivity contribution is -0.160. The number of nitrogens with zero attached hydrogens (tertiary/aromatic N) is 2. The van der Waals surface area contributed by atoms with Gasteiger partial charge < -0.3 is 9.47 Å². The van der Waals surface area contributed by atoms with Crippen molar-refractivity contribution in [2.45, 2.75) is 75.7 Å². The van der Waals surface area contributed by atoms with Crippen molar-refractivity contribution in [3.8, 4) is 0 Å². The maximum Gasteiger partial charge on any atom is 0.422 e. The molecule has 2 amide bonds. The molecule has 2 aromatic rings. The largest absolute Gasteiger partial charge is 0.453 e. The van der Waals surface area contributed by atoms with E-state index in [1.807, 2.05) is 0 Å². The summed E-state index contributed by atoms with van der Waals surface area (Å²) in [5, 5.41) is 0. The number of amides is 2. The van der Waals surface area contributed by atoms with Gasteiger partial charge in [-0.3, -0.25) is 9.80 Å². The van der Waals surface area contributed by atoms with Crippen LogP contribution < -0.4 is 4.90 Å². The van der Waals surface area contributed by atoms with Crippen LogP contribution in [0.4, 0.5) is 54.8 Å². The van der Waals surface area contributed by atoms with Gasteiger partial charge in [0.15, 0.2) is 6.61 Å². The van der Waals surface area contributed by atoms with Crippen molar-refractivity contribution < 1.29 is 58.6 Å². The van der Waals surface area contributed by atoms with E-state index < -0.39 is 72.6 Å². The number of halogens is 9. The van der Waals surface area contributed by atoms with Gasteiger partial charge in [0, 0.05) is 12.6 Å². The Labute approximate surface area is 245 Å². The second-order valence-electron chi connectivity index (χ2n) is 11.2. The Balaban J connectivity index is 1.61. The summed E-state index contributed by atoms with van der Waals surface area (Å²) in [5.41, 5.74) is -1.39. The number of ether oxygens (including phenoxy) is 2. The molecule has 0 aromatic heterocycles. The van der Waals surface area contributed by atoms with Crippen molar-refractivity contribution in [2.24, 2.45) is 5.92 Å². The number of hydrogen-bond donors (Lipinski definition) is 0. The van der Waals surface area contributed by atoms with Gasteiger partial charge in [0.2, 0.25) is 0 Å². The Morgan fingerprint density at radius 3 is 2.00 bits per heavy atom. The summed E-state index contributed by atoms with van der Waals surface area (Å²) in [5.74, 6) is -0.178. The highest BCUT2D eigenvalue weighted by Gasteiger charge is 2.48. The molecule has 1 fully saturated rings. The molecule has 1 saturated carbocycles. The minimum atomic E-state index is -5.11. The third-order valence-corrected chi connectivity index (χ3v) is 8.16. The number of rotatable bonds is 5. The van der Waals surface area contributed by atoms with Crippen LogP contribution in [0, 0.1) is 5.92 Å². The zero-order valence-electron chi connectivity index (χ0n) is 23.2. The third-order valence-electron chi connectivity index (χ3n) is 8.16. The van der Waals surface area contributed by atoms with Gasteiger partial charge in [0.25, 0.3) is 0 Å². The average molecular weight is 639 g/mol. The van der Waals surface area contributed by atoms with E-state index in [1.165, 1.54) is 0 Å². The fourth-order valence-corrected chi connectivity index (χ4v) is 6.10. The van der Waals surface area contributed by atoms with Crippen LogP contribution in [-0.4, -0.2) is 43.0 Å². The van der Waals surface area contributed by atoms with E-state index in [0.29, 0.717) is 43.4 Å². The fourth-order valence-electron chi connectivity index (χ4n) is 6.10. The Hall–Kier alpha value is -3.65. The van der Waals surface area contributed by atoms with E-state index in [-0.39, 0.29) is 24.1 Å². The second-order valence-corrected chi connectivity index (χ2v) is 11.2. The summed E-state index contributed by atoms with van der Waals surface area (Å²) in [4.78, 5) is 28.5. The topological polar surface area (TPSA) is 59.1 Å². The van der Waals surface area contributed by atoms with Crippen LogP contribution in [0.1, 0.15) is 65.1 Å². The molecule has 240 valence electrons. The average Bonchev–Trinajstić information content (AvgIpc) is 3.68. The van der Waals surface area contributed by atoms with Crippen LogP contribution in [-0.2, 0) is 41.2 Å². The SMILES string of the molecule is COC(=O)N(Cc1cc(C(F)(F)F)cc(C(F)(F)F)c1)C1CC(C2CC2)N(C(=O)OCC(F)(F)F)c2cc3c(cc21)CCC3. The second kappa shape index (κ2) is 11.4. The van der Waals surface area contributed by atoms with Crippen molar-refractivity contribution >= 4 is 17.9 Å². The predicted molar refractivity (Wildman–Crippen MR) is 137 cm³/mol.